The van der Waals surface area contributed by atoms with E-state index in [1.807, 2.05) is 56.3 Å². The molecule has 7 nitrogen and oxygen atoms in total. The standard InChI is InChI=1S/C27H25FN6O/c1-17-11-14-29-23(15-17)34-25-16-24(30-18(2)31-25)32-21-7-9-22(10-8-21)33-26(35)27(12-13-27)19-3-5-20(28)6-4-19/h3-11,14-16H,12-13H2,1-2H3,(H,33,35)(H2,29,30,31,32,34). The molecule has 1 aliphatic carbocycles. The molecule has 0 aliphatic heterocycles. The average Bonchev–Trinajstić information content (AvgIpc) is 3.63. The molecule has 3 N–H and O–H groups in total. The van der Waals surface area contributed by atoms with Gasteiger partial charge in [-0.3, -0.25) is 4.79 Å². The third-order valence-electron chi connectivity index (χ3n) is 6.01. The molecule has 0 saturated heterocycles. The molecule has 5 rings (SSSR count). The van der Waals surface area contributed by atoms with Crippen molar-refractivity contribution in [1.29, 1.82) is 0 Å². The number of halogens is 1. The van der Waals surface area contributed by atoms with Crippen molar-refractivity contribution in [1.82, 2.24) is 15.0 Å². The number of hydrogen-bond donors (Lipinski definition) is 3. The van der Waals surface area contributed by atoms with Crippen LogP contribution in [0.3, 0.4) is 0 Å². The van der Waals surface area contributed by atoms with E-state index in [2.05, 4.69) is 30.9 Å². The number of rotatable bonds is 7. The molecule has 1 saturated carbocycles. The summed E-state index contributed by atoms with van der Waals surface area (Å²) >= 11 is 0. The summed E-state index contributed by atoms with van der Waals surface area (Å²) in [5.74, 6) is 2.22. The van der Waals surface area contributed by atoms with Gasteiger partial charge in [-0.15, -0.1) is 0 Å². The van der Waals surface area contributed by atoms with Gasteiger partial charge in [-0.2, -0.15) is 0 Å². The maximum atomic E-state index is 13.3. The minimum atomic E-state index is -0.571. The van der Waals surface area contributed by atoms with E-state index >= 15 is 0 Å². The third kappa shape index (κ3) is 5.11. The van der Waals surface area contributed by atoms with Gasteiger partial charge < -0.3 is 16.0 Å². The molecule has 0 atom stereocenters. The fraction of sp³-hybridized carbons (Fsp3) is 0.185. The highest BCUT2D eigenvalue weighted by Crippen LogP contribution is 2.49. The molecule has 8 heteroatoms. The van der Waals surface area contributed by atoms with E-state index in [0.717, 1.165) is 29.7 Å². The Morgan fingerprint density at radius 3 is 2.14 bits per heavy atom. The predicted octanol–water partition coefficient (Wildman–Crippen LogP) is 5.79. The van der Waals surface area contributed by atoms with Crippen molar-refractivity contribution in [2.45, 2.75) is 32.1 Å². The number of carbonyl (C=O) groups is 1. The Bertz CT molecular complexity index is 1370. The molecule has 0 spiro atoms. The van der Waals surface area contributed by atoms with Crippen LogP contribution in [0, 0.1) is 19.7 Å². The van der Waals surface area contributed by atoms with Crippen LogP contribution < -0.4 is 16.0 Å². The summed E-state index contributed by atoms with van der Waals surface area (Å²) in [6.45, 7) is 3.83. The Balaban J connectivity index is 1.25. The summed E-state index contributed by atoms with van der Waals surface area (Å²) < 4.78 is 13.3. The van der Waals surface area contributed by atoms with Crippen LogP contribution in [-0.2, 0) is 10.2 Å². The Hall–Kier alpha value is -4.33. The Morgan fingerprint density at radius 2 is 1.49 bits per heavy atom. The summed E-state index contributed by atoms with van der Waals surface area (Å²) in [5, 5.41) is 9.48. The van der Waals surface area contributed by atoms with Crippen LogP contribution in [-0.4, -0.2) is 20.9 Å². The Morgan fingerprint density at radius 1 is 0.829 bits per heavy atom. The second kappa shape index (κ2) is 9.13. The zero-order valence-corrected chi connectivity index (χ0v) is 19.5. The first-order valence-electron chi connectivity index (χ1n) is 11.4. The summed E-state index contributed by atoms with van der Waals surface area (Å²) in [5.41, 5.74) is 2.89. The minimum Gasteiger partial charge on any atom is -0.340 e. The van der Waals surface area contributed by atoms with E-state index in [1.165, 1.54) is 12.1 Å². The van der Waals surface area contributed by atoms with E-state index < -0.39 is 5.41 Å². The summed E-state index contributed by atoms with van der Waals surface area (Å²) in [4.78, 5) is 26.2. The molecule has 0 bridgehead atoms. The van der Waals surface area contributed by atoms with Crippen LogP contribution in [0.15, 0.2) is 72.9 Å². The van der Waals surface area contributed by atoms with Crippen molar-refractivity contribution in [2.24, 2.45) is 0 Å². The smallest absolute Gasteiger partial charge is 0.235 e. The minimum absolute atomic E-state index is 0.0725. The highest BCUT2D eigenvalue weighted by atomic mass is 19.1. The molecule has 176 valence electrons. The summed E-state index contributed by atoms with van der Waals surface area (Å²) in [6.07, 6.45) is 3.26. The van der Waals surface area contributed by atoms with Crippen LogP contribution in [0.1, 0.15) is 29.8 Å². The van der Waals surface area contributed by atoms with Crippen molar-refractivity contribution in [2.75, 3.05) is 16.0 Å². The lowest BCUT2D eigenvalue weighted by atomic mass is 9.95. The molecule has 0 radical (unpaired) electrons. The maximum Gasteiger partial charge on any atom is 0.235 e. The van der Waals surface area contributed by atoms with Crippen LogP contribution in [0.2, 0.25) is 0 Å². The predicted molar refractivity (Wildman–Crippen MR) is 135 cm³/mol. The van der Waals surface area contributed by atoms with Gasteiger partial charge in [0.05, 0.1) is 5.41 Å². The first-order valence-corrected chi connectivity index (χ1v) is 11.4. The zero-order chi connectivity index (χ0) is 24.4. The fourth-order valence-electron chi connectivity index (χ4n) is 4.01. The van der Waals surface area contributed by atoms with Crippen molar-refractivity contribution >= 4 is 34.7 Å². The largest absolute Gasteiger partial charge is 0.340 e. The molecule has 1 aliphatic rings. The Kier molecular flexibility index (Phi) is 5.86. The third-order valence-corrected chi connectivity index (χ3v) is 6.01. The number of pyridine rings is 1. The van der Waals surface area contributed by atoms with Crippen molar-refractivity contribution in [3.05, 3.63) is 95.7 Å². The molecule has 0 unspecified atom stereocenters. The van der Waals surface area contributed by atoms with Gasteiger partial charge in [0.15, 0.2) is 0 Å². The lowest BCUT2D eigenvalue weighted by Crippen LogP contribution is -2.27. The highest BCUT2D eigenvalue weighted by Gasteiger charge is 2.51. The topological polar surface area (TPSA) is 91.8 Å². The van der Waals surface area contributed by atoms with Crippen LogP contribution >= 0.6 is 0 Å². The lowest BCUT2D eigenvalue weighted by Gasteiger charge is -2.16. The van der Waals surface area contributed by atoms with Crippen LogP contribution in [0.5, 0.6) is 0 Å². The first kappa shape index (κ1) is 22.5. The summed E-state index contributed by atoms with van der Waals surface area (Å²) in [6, 6.07) is 19.3. The molecule has 35 heavy (non-hydrogen) atoms. The van der Waals surface area contributed by atoms with Gasteiger partial charge in [-0.1, -0.05) is 12.1 Å². The first-order chi connectivity index (χ1) is 16.9. The van der Waals surface area contributed by atoms with E-state index in [-0.39, 0.29) is 11.7 Å². The molecular formula is C27H25FN6O. The quantitative estimate of drug-likeness (QED) is 0.318. The van der Waals surface area contributed by atoms with E-state index in [9.17, 15) is 9.18 Å². The number of benzene rings is 2. The maximum absolute atomic E-state index is 13.3. The lowest BCUT2D eigenvalue weighted by molar-refractivity contribution is -0.118. The van der Waals surface area contributed by atoms with Crippen LogP contribution in [0.4, 0.5) is 33.2 Å². The second-order valence-electron chi connectivity index (χ2n) is 8.77. The number of anilines is 5. The second-order valence-corrected chi connectivity index (χ2v) is 8.77. The number of carbonyl (C=O) groups excluding carboxylic acids is 1. The SMILES string of the molecule is Cc1ccnc(Nc2cc(Nc3ccc(NC(=O)C4(c5ccc(F)cc5)CC4)cc3)nc(C)n2)c1. The van der Waals surface area contributed by atoms with Crippen molar-refractivity contribution < 1.29 is 9.18 Å². The Labute approximate surface area is 202 Å². The number of hydrogen-bond acceptors (Lipinski definition) is 6. The number of nitrogens with zero attached hydrogens (tertiary/aromatic N) is 3. The van der Waals surface area contributed by atoms with Gasteiger partial charge in [0.25, 0.3) is 0 Å². The molecule has 2 aromatic carbocycles. The zero-order valence-electron chi connectivity index (χ0n) is 19.5. The molecule has 2 aromatic heterocycles. The van der Waals surface area contributed by atoms with Gasteiger partial charge >= 0.3 is 0 Å². The molecular weight excluding hydrogens is 443 g/mol. The molecule has 1 amide bonds. The van der Waals surface area contributed by atoms with Gasteiger partial charge in [0.1, 0.15) is 29.1 Å². The number of aryl methyl sites for hydroxylation is 2. The average molecular weight is 469 g/mol. The van der Waals surface area contributed by atoms with Crippen LogP contribution in [0.25, 0.3) is 0 Å². The molecule has 1 fully saturated rings. The van der Waals surface area contributed by atoms with Gasteiger partial charge in [-0.25, -0.2) is 19.3 Å². The monoisotopic (exact) mass is 468 g/mol. The van der Waals surface area contributed by atoms with E-state index in [1.54, 1.807) is 18.3 Å². The number of amides is 1. The normalized spacial score (nSPS) is 13.7. The van der Waals surface area contributed by atoms with E-state index in [4.69, 9.17) is 0 Å². The van der Waals surface area contributed by atoms with Gasteiger partial charge in [-0.05, 0) is 86.3 Å². The van der Waals surface area contributed by atoms with Crippen molar-refractivity contribution in [3.8, 4) is 0 Å². The van der Waals surface area contributed by atoms with E-state index in [0.29, 0.717) is 29.0 Å². The number of aromatic nitrogens is 3. The molecule has 4 aromatic rings. The fourth-order valence-corrected chi connectivity index (χ4v) is 4.01. The van der Waals surface area contributed by atoms with Gasteiger partial charge in [0.2, 0.25) is 5.91 Å². The van der Waals surface area contributed by atoms with Gasteiger partial charge in [0, 0.05) is 23.6 Å². The van der Waals surface area contributed by atoms with Crippen molar-refractivity contribution in [3.63, 3.8) is 0 Å². The summed E-state index contributed by atoms with van der Waals surface area (Å²) in [7, 11) is 0. The number of nitrogens with one attached hydrogen (secondary N) is 3. The highest BCUT2D eigenvalue weighted by molar-refractivity contribution is 6.01. The molecule has 2 heterocycles.